The number of rotatable bonds is 3. The lowest BCUT2D eigenvalue weighted by atomic mass is 10.2. The second-order valence-corrected chi connectivity index (χ2v) is 4.04. The average Bonchev–Trinajstić information content (AvgIpc) is 2.34. The van der Waals surface area contributed by atoms with Crippen molar-refractivity contribution in [2.75, 3.05) is 0 Å². The molecule has 0 atom stereocenters. The van der Waals surface area contributed by atoms with Crippen LogP contribution < -0.4 is 4.74 Å². The van der Waals surface area contributed by atoms with Crippen LogP contribution in [0.3, 0.4) is 0 Å². The molecule has 0 amide bonds. The average molecular weight is 270 g/mol. The van der Waals surface area contributed by atoms with Gasteiger partial charge in [0.15, 0.2) is 11.6 Å². The zero-order valence-electron chi connectivity index (χ0n) is 9.58. The largest absolute Gasteiger partial charge is 0.436 e. The molecule has 0 bridgehead atoms. The molecule has 0 spiro atoms. The van der Waals surface area contributed by atoms with Crippen molar-refractivity contribution in [1.29, 1.82) is 0 Å². The third-order valence-corrected chi connectivity index (χ3v) is 2.65. The van der Waals surface area contributed by atoms with Crippen LogP contribution in [-0.2, 0) is 5.88 Å². The van der Waals surface area contributed by atoms with Crippen LogP contribution in [0, 0.1) is 18.6 Å². The molecule has 2 rings (SSSR count). The van der Waals surface area contributed by atoms with Crippen molar-refractivity contribution in [3.8, 4) is 11.6 Å². The first kappa shape index (κ1) is 12.8. The van der Waals surface area contributed by atoms with E-state index in [1.807, 2.05) is 0 Å². The Morgan fingerprint density at radius 1 is 1.28 bits per heavy atom. The maximum absolute atomic E-state index is 13.4. The monoisotopic (exact) mass is 269 g/mol. The molecule has 5 heteroatoms. The fourth-order valence-corrected chi connectivity index (χ4v) is 1.61. The molecule has 0 saturated heterocycles. The minimum atomic E-state index is -0.766. The van der Waals surface area contributed by atoms with Crippen molar-refractivity contribution in [3.05, 3.63) is 53.2 Å². The number of alkyl halides is 1. The molecule has 1 aromatic heterocycles. The Balaban J connectivity index is 2.28. The van der Waals surface area contributed by atoms with Gasteiger partial charge in [0.25, 0.3) is 0 Å². The molecule has 2 nitrogen and oxygen atoms in total. The van der Waals surface area contributed by atoms with Crippen LogP contribution in [0.5, 0.6) is 11.6 Å². The zero-order valence-corrected chi connectivity index (χ0v) is 10.3. The molecule has 0 N–H and O–H groups in total. The van der Waals surface area contributed by atoms with Crippen molar-refractivity contribution in [3.63, 3.8) is 0 Å². The van der Waals surface area contributed by atoms with Gasteiger partial charge < -0.3 is 4.74 Å². The number of ether oxygens (including phenoxy) is 1. The molecular formula is C13H10ClF2NO. The highest BCUT2D eigenvalue weighted by Crippen LogP contribution is 2.26. The van der Waals surface area contributed by atoms with Crippen molar-refractivity contribution >= 4 is 11.6 Å². The molecule has 0 aliphatic heterocycles. The van der Waals surface area contributed by atoms with E-state index in [1.54, 1.807) is 19.2 Å². The van der Waals surface area contributed by atoms with Gasteiger partial charge in [-0.1, -0.05) is 0 Å². The lowest BCUT2D eigenvalue weighted by molar-refractivity contribution is 0.420. The van der Waals surface area contributed by atoms with Crippen LogP contribution in [0.15, 0.2) is 30.5 Å². The lowest BCUT2D eigenvalue weighted by Crippen LogP contribution is -1.95. The first-order valence-corrected chi connectivity index (χ1v) is 5.78. The predicted molar refractivity (Wildman–Crippen MR) is 65.0 cm³/mol. The Bertz CT molecular complexity index is 575. The van der Waals surface area contributed by atoms with Crippen LogP contribution in [0.2, 0.25) is 0 Å². The number of halogens is 3. The second kappa shape index (κ2) is 5.31. The molecule has 0 aliphatic carbocycles. The van der Waals surface area contributed by atoms with E-state index in [9.17, 15) is 8.78 Å². The molecule has 18 heavy (non-hydrogen) atoms. The normalized spacial score (nSPS) is 10.4. The van der Waals surface area contributed by atoms with Crippen molar-refractivity contribution < 1.29 is 13.5 Å². The minimum absolute atomic E-state index is 0.0642. The summed E-state index contributed by atoms with van der Waals surface area (Å²) < 4.78 is 31.4. The van der Waals surface area contributed by atoms with Gasteiger partial charge in [-0.15, -0.1) is 11.6 Å². The van der Waals surface area contributed by atoms with Gasteiger partial charge in [-0.2, -0.15) is 0 Å². The van der Waals surface area contributed by atoms with E-state index in [1.165, 1.54) is 6.07 Å². The first-order chi connectivity index (χ1) is 8.60. The van der Waals surface area contributed by atoms with Gasteiger partial charge in [-0.25, -0.2) is 13.8 Å². The molecule has 1 aromatic carbocycles. The summed E-state index contributed by atoms with van der Waals surface area (Å²) >= 11 is 5.67. The van der Waals surface area contributed by atoms with Crippen LogP contribution in [-0.4, -0.2) is 4.98 Å². The summed E-state index contributed by atoms with van der Waals surface area (Å²) in [6.07, 6.45) is 1.55. The Morgan fingerprint density at radius 2 is 2.06 bits per heavy atom. The smallest absolute Gasteiger partial charge is 0.222 e. The van der Waals surface area contributed by atoms with Gasteiger partial charge in [-0.3, -0.25) is 0 Å². The zero-order chi connectivity index (χ0) is 13.1. The fourth-order valence-electron chi connectivity index (χ4n) is 1.46. The summed E-state index contributed by atoms with van der Waals surface area (Å²) in [4.78, 5) is 4.04. The number of hydrogen-bond acceptors (Lipinski definition) is 2. The summed E-state index contributed by atoms with van der Waals surface area (Å²) in [6, 6.07) is 4.91. The fraction of sp³-hybridized carbons (Fsp3) is 0.154. The molecule has 2 aromatic rings. The van der Waals surface area contributed by atoms with Crippen molar-refractivity contribution in [2.45, 2.75) is 12.8 Å². The van der Waals surface area contributed by atoms with E-state index in [0.717, 1.165) is 23.3 Å². The molecule has 94 valence electrons. The Morgan fingerprint density at radius 3 is 2.67 bits per heavy atom. The molecule has 0 fully saturated rings. The van der Waals surface area contributed by atoms with Gasteiger partial charge in [0.05, 0.1) is 0 Å². The maximum Gasteiger partial charge on any atom is 0.222 e. The van der Waals surface area contributed by atoms with Gasteiger partial charge >= 0.3 is 0 Å². The Hall–Kier alpha value is -1.68. The van der Waals surface area contributed by atoms with E-state index in [4.69, 9.17) is 16.3 Å². The summed E-state index contributed by atoms with van der Waals surface area (Å²) in [5, 5.41) is 0. The number of hydrogen-bond donors (Lipinski definition) is 0. The highest BCUT2D eigenvalue weighted by molar-refractivity contribution is 6.17. The minimum Gasteiger partial charge on any atom is -0.436 e. The van der Waals surface area contributed by atoms with E-state index in [2.05, 4.69) is 4.98 Å². The van der Waals surface area contributed by atoms with Crippen molar-refractivity contribution in [1.82, 2.24) is 4.98 Å². The Kier molecular flexibility index (Phi) is 3.77. The van der Waals surface area contributed by atoms with Crippen LogP contribution in [0.25, 0.3) is 0 Å². The van der Waals surface area contributed by atoms with E-state index < -0.39 is 11.6 Å². The molecule has 1 heterocycles. The summed E-state index contributed by atoms with van der Waals surface area (Å²) in [7, 11) is 0. The topological polar surface area (TPSA) is 22.1 Å². The van der Waals surface area contributed by atoms with Crippen LogP contribution >= 0.6 is 11.6 Å². The van der Waals surface area contributed by atoms with Crippen LogP contribution in [0.4, 0.5) is 8.78 Å². The third kappa shape index (κ3) is 2.76. The van der Waals surface area contributed by atoms with Gasteiger partial charge in [0.1, 0.15) is 5.82 Å². The molecule has 0 radical (unpaired) electrons. The quantitative estimate of drug-likeness (QED) is 0.779. The summed E-state index contributed by atoms with van der Waals surface area (Å²) in [5.74, 6) is -0.862. The summed E-state index contributed by atoms with van der Waals surface area (Å²) in [6.45, 7) is 1.78. The van der Waals surface area contributed by atoms with Gasteiger partial charge in [-0.05, 0) is 30.7 Å². The second-order valence-electron chi connectivity index (χ2n) is 3.78. The van der Waals surface area contributed by atoms with E-state index in [-0.39, 0.29) is 11.6 Å². The number of benzene rings is 1. The molecule has 0 saturated carbocycles. The maximum atomic E-state index is 13.4. The number of pyridine rings is 1. The van der Waals surface area contributed by atoms with Crippen molar-refractivity contribution in [2.24, 2.45) is 0 Å². The molecule has 0 aliphatic rings. The highest BCUT2D eigenvalue weighted by atomic mass is 35.5. The van der Waals surface area contributed by atoms with Gasteiger partial charge in [0.2, 0.25) is 5.88 Å². The predicted octanol–water partition coefficient (Wildman–Crippen LogP) is 4.20. The number of aryl methyl sites for hydroxylation is 1. The highest BCUT2D eigenvalue weighted by Gasteiger charge is 2.09. The summed E-state index contributed by atoms with van der Waals surface area (Å²) in [5.41, 5.74) is 1.58. The number of nitrogens with zero attached hydrogens (tertiary/aromatic N) is 1. The standard InChI is InChI=1S/C13H10ClF2NO/c1-8-4-9(6-14)7-17-13(8)18-12-3-2-10(15)5-11(12)16/h2-5,7H,6H2,1H3. The van der Waals surface area contributed by atoms with Crippen LogP contribution in [0.1, 0.15) is 11.1 Å². The number of aromatic nitrogens is 1. The van der Waals surface area contributed by atoms with E-state index >= 15 is 0 Å². The lowest BCUT2D eigenvalue weighted by Gasteiger charge is -2.09. The first-order valence-electron chi connectivity index (χ1n) is 5.24. The Labute approximate surface area is 108 Å². The van der Waals surface area contributed by atoms with E-state index in [0.29, 0.717) is 5.88 Å². The SMILES string of the molecule is Cc1cc(CCl)cnc1Oc1ccc(F)cc1F. The third-order valence-electron chi connectivity index (χ3n) is 2.34. The molecular weight excluding hydrogens is 260 g/mol. The van der Waals surface area contributed by atoms with Gasteiger partial charge in [0, 0.05) is 23.7 Å². The molecule has 0 unspecified atom stereocenters.